The molecule has 0 aromatic heterocycles. The zero-order valence-electron chi connectivity index (χ0n) is 15.3. The smallest absolute Gasteiger partial charge is 0.191 e. The minimum absolute atomic E-state index is 0. The van der Waals surface area contributed by atoms with Gasteiger partial charge in [-0.3, -0.25) is 4.99 Å². The van der Waals surface area contributed by atoms with Gasteiger partial charge in [0, 0.05) is 31.1 Å². The third-order valence-electron chi connectivity index (χ3n) is 4.23. The quantitative estimate of drug-likeness (QED) is 0.187. The molecule has 1 aliphatic carbocycles. The molecule has 2 rings (SSSR count). The van der Waals surface area contributed by atoms with E-state index in [2.05, 4.69) is 34.6 Å². The predicted molar refractivity (Wildman–Crippen MR) is 117 cm³/mol. The van der Waals surface area contributed by atoms with Crippen LogP contribution in [0, 0.1) is 11.7 Å². The van der Waals surface area contributed by atoms with Gasteiger partial charge in [-0.1, -0.05) is 0 Å². The molecule has 2 N–H and O–H groups in total. The summed E-state index contributed by atoms with van der Waals surface area (Å²) >= 11 is 1.75. The van der Waals surface area contributed by atoms with Crippen molar-refractivity contribution < 1.29 is 4.39 Å². The number of aliphatic imine (C=N–C) groups is 1. The third-order valence-corrected chi connectivity index (χ3v) is 5.33. The highest BCUT2D eigenvalue weighted by atomic mass is 127. The zero-order valence-corrected chi connectivity index (χ0v) is 18.4. The van der Waals surface area contributed by atoms with E-state index in [1.807, 2.05) is 19.2 Å². The average molecular weight is 480 g/mol. The Bertz CT molecular complexity index is 518. The number of hydrogen-bond acceptors (Lipinski definition) is 3. The molecule has 0 aliphatic heterocycles. The average Bonchev–Trinajstić information content (AvgIpc) is 3.39. The standard InChI is InChI=1S/C18H29FN4S.HI/c1-20-18(22-13-17(23(2)3)14-5-6-14)21-11-4-12-24-16-9-7-15(19)8-10-16;/h7-10,14,17H,4-6,11-13H2,1-3H3,(H2,20,21,22);1H. The predicted octanol–water partition coefficient (Wildman–Crippen LogP) is 3.43. The van der Waals surface area contributed by atoms with Crippen LogP contribution in [0.25, 0.3) is 0 Å². The van der Waals surface area contributed by atoms with Gasteiger partial charge in [-0.2, -0.15) is 0 Å². The van der Waals surface area contributed by atoms with E-state index in [-0.39, 0.29) is 29.8 Å². The van der Waals surface area contributed by atoms with Crippen LogP contribution in [0.2, 0.25) is 0 Å². The lowest BCUT2D eigenvalue weighted by Crippen LogP contribution is -2.46. The topological polar surface area (TPSA) is 39.7 Å². The van der Waals surface area contributed by atoms with Gasteiger partial charge < -0.3 is 15.5 Å². The Labute approximate surface area is 172 Å². The van der Waals surface area contributed by atoms with E-state index < -0.39 is 0 Å². The Kier molecular flexibility index (Phi) is 10.8. The number of hydrogen-bond donors (Lipinski definition) is 2. The molecule has 0 radical (unpaired) electrons. The minimum atomic E-state index is -0.182. The number of thioether (sulfide) groups is 1. The Hall–Kier alpha value is -0.540. The Morgan fingerprint density at radius 1 is 1.28 bits per heavy atom. The fraction of sp³-hybridized carbons (Fsp3) is 0.611. The van der Waals surface area contributed by atoms with Gasteiger partial charge in [0.05, 0.1) is 0 Å². The fourth-order valence-electron chi connectivity index (χ4n) is 2.67. The van der Waals surface area contributed by atoms with Crippen LogP contribution in [0.5, 0.6) is 0 Å². The van der Waals surface area contributed by atoms with Crippen LogP contribution in [0.4, 0.5) is 4.39 Å². The maximum absolute atomic E-state index is 12.8. The normalized spacial score (nSPS) is 15.6. The number of guanidine groups is 1. The van der Waals surface area contributed by atoms with Gasteiger partial charge in [-0.05, 0) is 69.3 Å². The van der Waals surface area contributed by atoms with Gasteiger partial charge in [0.1, 0.15) is 5.82 Å². The largest absolute Gasteiger partial charge is 0.356 e. The summed E-state index contributed by atoms with van der Waals surface area (Å²) in [6.45, 7) is 1.81. The van der Waals surface area contributed by atoms with E-state index >= 15 is 0 Å². The van der Waals surface area contributed by atoms with E-state index in [1.165, 1.54) is 25.0 Å². The van der Waals surface area contributed by atoms with Crippen molar-refractivity contribution in [1.82, 2.24) is 15.5 Å². The molecule has 142 valence electrons. The van der Waals surface area contributed by atoms with Crippen molar-refractivity contribution in [2.24, 2.45) is 10.9 Å². The van der Waals surface area contributed by atoms with E-state index in [1.54, 1.807) is 11.8 Å². The van der Waals surface area contributed by atoms with Crippen molar-refractivity contribution in [3.8, 4) is 0 Å². The molecule has 1 aromatic carbocycles. The second kappa shape index (κ2) is 12.0. The number of rotatable bonds is 9. The van der Waals surface area contributed by atoms with Crippen LogP contribution in [0.15, 0.2) is 34.2 Å². The van der Waals surface area contributed by atoms with Gasteiger partial charge >= 0.3 is 0 Å². The van der Waals surface area contributed by atoms with E-state index in [0.29, 0.717) is 6.04 Å². The van der Waals surface area contributed by atoms with Gasteiger partial charge in [-0.15, -0.1) is 35.7 Å². The lowest BCUT2D eigenvalue weighted by atomic mass is 10.1. The van der Waals surface area contributed by atoms with E-state index in [4.69, 9.17) is 0 Å². The van der Waals surface area contributed by atoms with Gasteiger partial charge in [0.15, 0.2) is 5.96 Å². The van der Waals surface area contributed by atoms with Crippen LogP contribution in [0.1, 0.15) is 19.3 Å². The summed E-state index contributed by atoms with van der Waals surface area (Å²) in [5, 5.41) is 6.80. The lowest BCUT2D eigenvalue weighted by Gasteiger charge is -2.25. The summed E-state index contributed by atoms with van der Waals surface area (Å²) < 4.78 is 12.8. The fourth-order valence-corrected chi connectivity index (χ4v) is 3.53. The molecule has 1 atom stereocenters. The first-order valence-corrected chi connectivity index (χ1v) is 9.58. The van der Waals surface area contributed by atoms with Crippen LogP contribution in [0.3, 0.4) is 0 Å². The van der Waals surface area contributed by atoms with E-state index in [0.717, 1.165) is 42.0 Å². The highest BCUT2D eigenvalue weighted by molar-refractivity contribution is 14.0. The summed E-state index contributed by atoms with van der Waals surface area (Å²) in [6, 6.07) is 7.25. The number of benzene rings is 1. The van der Waals surface area contributed by atoms with E-state index in [9.17, 15) is 4.39 Å². The van der Waals surface area contributed by atoms with Crippen molar-refractivity contribution >= 4 is 41.7 Å². The molecule has 1 aromatic rings. The molecule has 1 unspecified atom stereocenters. The zero-order chi connectivity index (χ0) is 17.4. The van der Waals surface area contributed by atoms with Gasteiger partial charge in [-0.25, -0.2) is 4.39 Å². The molecular formula is C18H30FIN4S. The lowest BCUT2D eigenvalue weighted by molar-refractivity contribution is 0.264. The van der Waals surface area contributed by atoms with Crippen LogP contribution in [-0.4, -0.2) is 56.9 Å². The Morgan fingerprint density at radius 2 is 1.96 bits per heavy atom. The van der Waals surface area contributed by atoms with Crippen LogP contribution >= 0.6 is 35.7 Å². The number of nitrogens with one attached hydrogen (secondary N) is 2. The molecule has 1 aliphatic rings. The Morgan fingerprint density at radius 3 is 2.52 bits per heavy atom. The molecule has 0 heterocycles. The molecule has 0 amide bonds. The summed E-state index contributed by atoms with van der Waals surface area (Å²) in [6.07, 6.45) is 3.72. The van der Waals surface area contributed by atoms with Crippen molar-refractivity contribution in [3.63, 3.8) is 0 Å². The van der Waals surface area contributed by atoms with Crippen LogP contribution < -0.4 is 10.6 Å². The first-order valence-electron chi connectivity index (χ1n) is 8.59. The second-order valence-electron chi connectivity index (χ2n) is 6.40. The summed E-state index contributed by atoms with van der Waals surface area (Å²) in [5.74, 6) is 2.52. The molecule has 1 saturated carbocycles. The second-order valence-corrected chi connectivity index (χ2v) is 7.57. The van der Waals surface area contributed by atoms with Crippen molar-refractivity contribution in [1.29, 1.82) is 0 Å². The SMILES string of the molecule is CN=C(NCCCSc1ccc(F)cc1)NCC(C1CC1)N(C)C.I. The summed E-state index contributed by atoms with van der Waals surface area (Å²) in [7, 11) is 6.10. The van der Waals surface area contributed by atoms with Gasteiger partial charge in [0.25, 0.3) is 0 Å². The summed E-state index contributed by atoms with van der Waals surface area (Å²) in [5.41, 5.74) is 0. The number of nitrogens with zero attached hydrogens (tertiary/aromatic N) is 2. The molecule has 1 fully saturated rings. The molecule has 25 heavy (non-hydrogen) atoms. The van der Waals surface area contributed by atoms with Gasteiger partial charge in [0.2, 0.25) is 0 Å². The van der Waals surface area contributed by atoms with Crippen molar-refractivity contribution in [2.45, 2.75) is 30.2 Å². The number of halogens is 2. The minimum Gasteiger partial charge on any atom is -0.356 e. The summed E-state index contributed by atoms with van der Waals surface area (Å²) in [4.78, 5) is 7.70. The first kappa shape index (κ1) is 22.5. The van der Waals surface area contributed by atoms with Crippen molar-refractivity contribution in [3.05, 3.63) is 30.1 Å². The third kappa shape index (κ3) is 8.59. The maximum Gasteiger partial charge on any atom is 0.191 e. The van der Waals surface area contributed by atoms with Crippen molar-refractivity contribution in [2.75, 3.05) is 40.0 Å². The Balaban J connectivity index is 0.00000312. The highest BCUT2D eigenvalue weighted by Gasteiger charge is 2.32. The molecule has 0 bridgehead atoms. The number of likely N-dealkylation sites (N-methyl/N-ethyl adjacent to an activating group) is 1. The maximum atomic E-state index is 12.8. The monoisotopic (exact) mass is 480 g/mol. The molecule has 0 spiro atoms. The first-order chi connectivity index (χ1) is 11.6. The molecule has 7 heteroatoms. The molecule has 4 nitrogen and oxygen atoms in total. The highest BCUT2D eigenvalue weighted by Crippen LogP contribution is 2.34. The molecule has 0 saturated heterocycles. The van der Waals surface area contributed by atoms with Crippen LogP contribution in [-0.2, 0) is 0 Å². The molecular weight excluding hydrogens is 450 g/mol.